The summed E-state index contributed by atoms with van der Waals surface area (Å²) >= 11 is 0. The maximum absolute atomic E-state index is 14.0. The van der Waals surface area contributed by atoms with E-state index in [1.165, 1.54) is 7.11 Å². The van der Waals surface area contributed by atoms with Crippen molar-refractivity contribution in [3.63, 3.8) is 0 Å². The first kappa shape index (κ1) is 35.4. The van der Waals surface area contributed by atoms with Crippen LogP contribution in [0.3, 0.4) is 0 Å². The highest BCUT2D eigenvalue weighted by molar-refractivity contribution is 7.92. The number of pyridine rings is 1. The monoisotopic (exact) mass is 703 g/mol. The number of aliphatic hydroxyl groups is 1. The third-order valence-corrected chi connectivity index (χ3v) is 10.8. The number of carbonyl (C=O) groups is 1. The highest BCUT2D eigenvalue weighted by Crippen LogP contribution is 2.51. The summed E-state index contributed by atoms with van der Waals surface area (Å²) < 4.78 is 129. The van der Waals surface area contributed by atoms with Crippen LogP contribution in [0.25, 0.3) is 0 Å². The number of methoxy groups -OCH3 is 1. The summed E-state index contributed by atoms with van der Waals surface area (Å²) in [5.41, 5.74) is -6.36. The van der Waals surface area contributed by atoms with Gasteiger partial charge in [-0.05, 0) is 67.1 Å². The average Bonchev–Trinajstić information content (AvgIpc) is 3.03. The minimum Gasteiger partial charge on any atom is -0.481 e. The smallest absolute Gasteiger partial charge is 0.430 e. The summed E-state index contributed by atoms with van der Waals surface area (Å²) in [6, 6.07) is 7.43. The van der Waals surface area contributed by atoms with Gasteiger partial charge in [-0.15, -0.1) is 0 Å². The minimum atomic E-state index is -6.15. The van der Waals surface area contributed by atoms with E-state index in [2.05, 4.69) is 10.3 Å². The Kier molecular flexibility index (Phi) is 9.72. The van der Waals surface area contributed by atoms with E-state index in [9.17, 15) is 49.1 Å². The number of amides is 1. The van der Waals surface area contributed by atoms with Gasteiger partial charge in [-0.1, -0.05) is 31.0 Å². The number of hydrogen-bond acceptors (Lipinski definition) is 6. The SMILES string of the molecule is COc1ccc(C2CCCCC2NC(=O)CC2CCc3cc(C(O)(C(F)(F)F)C(F)(F)F)ccc3N2S(=O)(=O)c2ccc(F)cc2)cn1. The molecule has 1 aromatic heterocycles. The Morgan fingerprint density at radius 2 is 1.65 bits per heavy atom. The van der Waals surface area contributed by atoms with Crippen LogP contribution in [-0.4, -0.2) is 56.0 Å². The number of carbonyl (C=O) groups excluding carboxylic acids is 1. The Hall–Kier alpha value is -3.92. The summed E-state index contributed by atoms with van der Waals surface area (Å²) in [4.78, 5) is 17.4. The Labute approximate surface area is 272 Å². The summed E-state index contributed by atoms with van der Waals surface area (Å²) in [6.45, 7) is 0. The molecule has 8 nitrogen and oxygen atoms in total. The van der Waals surface area contributed by atoms with Gasteiger partial charge in [0, 0.05) is 36.2 Å². The number of fused-ring (bicyclic) bond motifs is 1. The molecule has 1 amide bonds. The molecule has 5 rings (SSSR count). The number of nitrogens with zero attached hydrogens (tertiary/aromatic N) is 2. The maximum atomic E-state index is 14.0. The van der Waals surface area contributed by atoms with E-state index in [0.717, 1.165) is 59.5 Å². The van der Waals surface area contributed by atoms with E-state index >= 15 is 0 Å². The van der Waals surface area contributed by atoms with Crippen LogP contribution < -0.4 is 14.4 Å². The number of ether oxygens (including phenoxy) is 1. The van der Waals surface area contributed by atoms with Crippen molar-refractivity contribution in [3.05, 3.63) is 83.3 Å². The molecule has 1 fully saturated rings. The van der Waals surface area contributed by atoms with Crippen LogP contribution in [0, 0.1) is 5.82 Å². The van der Waals surface area contributed by atoms with Crippen molar-refractivity contribution in [3.8, 4) is 5.88 Å². The predicted molar refractivity (Wildman–Crippen MR) is 159 cm³/mol. The molecule has 1 aliphatic heterocycles. The molecule has 1 aliphatic carbocycles. The molecule has 2 aromatic carbocycles. The molecule has 1 saturated carbocycles. The lowest BCUT2D eigenvalue weighted by Crippen LogP contribution is -2.54. The highest BCUT2D eigenvalue weighted by atomic mass is 32.2. The highest BCUT2D eigenvalue weighted by Gasteiger charge is 2.71. The van der Waals surface area contributed by atoms with Crippen molar-refractivity contribution in [2.24, 2.45) is 0 Å². The van der Waals surface area contributed by atoms with Crippen molar-refractivity contribution in [2.75, 3.05) is 11.4 Å². The quantitative estimate of drug-likeness (QED) is 0.268. The lowest BCUT2D eigenvalue weighted by atomic mass is 9.80. The van der Waals surface area contributed by atoms with E-state index in [1.807, 2.05) is 6.07 Å². The fourth-order valence-electron chi connectivity index (χ4n) is 6.49. The van der Waals surface area contributed by atoms with Crippen molar-refractivity contribution in [1.82, 2.24) is 10.3 Å². The number of anilines is 1. The summed E-state index contributed by atoms with van der Waals surface area (Å²) in [7, 11) is -3.14. The van der Waals surface area contributed by atoms with E-state index in [-0.39, 0.29) is 42.5 Å². The number of rotatable bonds is 8. The molecule has 2 heterocycles. The number of alkyl halides is 6. The Balaban J connectivity index is 1.48. The molecule has 0 radical (unpaired) electrons. The van der Waals surface area contributed by atoms with Gasteiger partial charge in [-0.3, -0.25) is 9.10 Å². The zero-order valence-electron chi connectivity index (χ0n) is 25.5. The first-order chi connectivity index (χ1) is 22.5. The van der Waals surface area contributed by atoms with Crippen molar-refractivity contribution in [2.45, 2.75) is 85.8 Å². The second kappa shape index (κ2) is 13.2. The Bertz CT molecular complexity index is 1720. The van der Waals surface area contributed by atoms with Gasteiger partial charge in [-0.2, -0.15) is 26.3 Å². The standard InChI is InChI=1S/C32H32F7N3O5S/c1-47-29-15-7-20(18-40-29)25-4-2-3-5-26(25)41-28(43)17-23-11-6-19-16-21(30(44,31(34,35)36)32(37,38)39)8-14-27(19)42(23)48(45,46)24-12-9-22(33)10-13-24/h7-10,12-16,18,23,25-26,44H,2-6,11,17H2,1H3,(H,41,43). The van der Waals surface area contributed by atoms with Crippen molar-refractivity contribution < 1.29 is 53.8 Å². The molecular weight excluding hydrogens is 671 g/mol. The first-order valence-corrected chi connectivity index (χ1v) is 16.5. The average molecular weight is 704 g/mol. The summed E-state index contributed by atoms with van der Waals surface area (Å²) in [5.74, 6) is -0.932. The second-order valence-corrected chi connectivity index (χ2v) is 13.7. The molecule has 16 heteroatoms. The van der Waals surface area contributed by atoms with Crippen molar-refractivity contribution >= 4 is 21.6 Å². The van der Waals surface area contributed by atoms with Crippen LogP contribution in [0.5, 0.6) is 5.88 Å². The summed E-state index contributed by atoms with van der Waals surface area (Å²) in [6.07, 6.45) is -8.24. The summed E-state index contributed by atoms with van der Waals surface area (Å²) in [5, 5.41) is 13.0. The van der Waals surface area contributed by atoms with E-state index in [4.69, 9.17) is 4.74 Å². The third-order valence-electron chi connectivity index (χ3n) is 8.93. The third kappa shape index (κ3) is 6.68. The van der Waals surface area contributed by atoms with E-state index in [1.54, 1.807) is 12.3 Å². The number of hydrogen-bond donors (Lipinski definition) is 2. The molecule has 0 spiro atoms. The maximum Gasteiger partial charge on any atom is 0.430 e. The van der Waals surface area contributed by atoms with Gasteiger partial charge in [0.1, 0.15) is 5.82 Å². The number of sulfonamides is 1. The largest absolute Gasteiger partial charge is 0.481 e. The normalized spacial score (nSPS) is 20.6. The lowest BCUT2D eigenvalue weighted by Gasteiger charge is -2.39. The van der Waals surface area contributed by atoms with Crippen LogP contribution in [0.1, 0.15) is 61.1 Å². The number of halogens is 7. The van der Waals surface area contributed by atoms with Gasteiger partial charge in [-0.25, -0.2) is 17.8 Å². The van der Waals surface area contributed by atoms with Gasteiger partial charge in [0.2, 0.25) is 11.8 Å². The molecule has 3 aromatic rings. The zero-order valence-corrected chi connectivity index (χ0v) is 26.3. The molecule has 3 unspecified atom stereocenters. The fourth-order valence-corrected chi connectivity index (χ4v) is 8.21. The number of aryl methyl sites for hydroxylation is 1. The molecule has 2 N–H and O–H groups in total. The van der Waals surface area contributed by atoms with Crippen LogP contribution in [0.2, 0.25) is 0 Å². The number of benzene rings is 2. The predicted octanol–water partition coefficient (Wildman–Crippen LogP) is 6.28. The lowest BCUT2D eigenvalue weighted by molar-refractivity contribution is -0.376. The van der Waals surface area contributed by atoms with Crippen molar-refractivity contribution in [1.29, 1.82) is 0 Å². The van der Waals surface area contributed by atoms with Gasteiger partial charge < -0.3 is 15.2 Å². The van der Waals surface area contributed by atoms with Crippen LogP contribution in [0.4, 0.5) is 36.4 Å². The molecule has 2 aliphatic rings. The van der Waals surface area contributed by atoms with E-state index in [0.29, 0.717) is 24.4 Å². The van der Waals surface area contributed by atoms with Crippen LogP contribution in [0.15, 0.2) is 65.7 Å². The molecule has 3 atom stereocenters. The Morgan fingerprint density at radius 1 is 0.979 bits per heavy atom. The fraction of sp³-hybridized carbons (Fsp3) is 0.438. The number of aromatic nitrogens is 1. The zero-order chi connectivity index (χ0) is 35.1. The van der Waals surface area contributed by atoms with E-state index < -0.39 is 56.2 Å². The van der Waals surface area contributed by atoms with Crippen LogP contribution in [-0.2, 0) is 26.8 Å². The first-order valence-electron chi connectivity index (χ1n) is 15.1. The number of nitrogens with one attached hydrogen (secondary N) is 1. The molecular formula is C32H32F7N3O5S. The second-order valence-electron chi connectivity index (χ2n) is 11.9. The Morgan fingerprint density at radius 3 is 2.25 bits per heavy atom. The van der Waals surface area contributed by atoms with Crippen LogP contribution >= 0.6 is 0 Å². The van der Waals surface area contributed by atoms with Gasteiger partial charge in [0.15, 0.2) is 0 Å². The molecule has 0 saturated heterocycles. The van der Waals surface area contributed by atoms with Gasteiger partial charge in [0.25, 0.3) is 15.6 Å². The van der Waals surface area contributed by atoms with Gasteiger partial charge >= 0.3 is 12.4 Å². The minimum absolute atomic E-state index is 0.0910. The van der Waals surface area contributed by atoms with Gasteiger partial charge in [0.05, 0.1) is 23.7 Å². The molecule has 48 heavy (non-hydrogen) atoms. The molecule has 260 valence electrons. The topological polar surface area (TPSA) is 109 Å². The molecule has 0 bridgehead atoms.